The maximum absolute atomic E-state index is 13.2. The number of anilines is 1. The summed E-state index contributed by atoms with van der Waals surface area (Å²) in [6, 6.07) is 8.47. The summed E-state index contributed by atoms with van der Waals surface area (Å²) < 4.78 is 40.8. The van der Waals surface area contributed by atoms with Crippen LogP contribution in [0.1, 0.15) is 22.8 Å². The molecule has 0 radical (unpaired) electrons. The van der Waals surface area contributed by atoms with Crippen molar-refractivity contribution in [3.05, 3.63) is 59.0 Å². The third kappa shape index (κ3) is 5.28. The number of nitrogens with two attached hydrogens (primary N) is 1. The van der Waals surface area contributed by atoms with E-state index in [-0.39, 0.29) is 29.7 Å². The van der Waals surface area contributed by atoms with Crippen LogP contribution in [-0.2, 0) is 0 Å². The molecule has 3 rings (SSSR count). The number of carbonyl (C=O) groups excluding carboxylic acids is 1. The van der Waals surface area contributed by atoms with Gasteiger partial charge in [-0.15, -0.1) is 8.78 Å². The number of ether oxygens (including phenoxy) is 3. The lowest BCUT2D eigenvalue weighted by molar-refractivity contribution is -0.286. The molecule has 2 aromatic carbocycles. The van der Waals surface area contributed by atoms with E-state index >= 15 is 0 Å². The minimum absolute atomic E-state index is 0.104. The zero-order valence-electron chi connectivity index (χ0n) is 16.8. The molecule has 0 saturated heterocycles. The number of hydrogen-bond donors (Lipinski definition) is 3. The largest absolute Gasteiger partial charge is 0.811 e. The zero-order valence-corrected chi connectivity index (χ0v) is 16.8. The van der Waals surface area contributed by atoms with Gasteiger partial charge in [0.25, 0.3) is 5.91 Å². The minimum Gasteiger partial charge on any atom is -0.811 e. The third-order valence-electron chi connectivity index (χ3n) is 4.20. The van der Waals surface area contributed by atoms with Gasteiger partial charge in [0.05, 0.1) is 0 Å². The molecule has 164 valence electrons. The highest BCUT2D eigenvalue weighted by atomic mass is 19.3. The first-order valence-electron chi connectivity index (χ1n) is 9.32. The van der Waals surface area contributed by atoms with E-state index in [0.717, 1.165) is 6.21 Å². The molecule has 31 heavy (non-hydrogen) atoms. The number of alkyl halides is 2. The lowest BCUT2D eigenvalue weighted by Gasteiger charge is -2.17. The highest BCUT2D eigenvalue weighted by Crippen LogP contribution is 2.41. The maximum Gasteiger partial charge on any atom is 0.586 e. The van der Waals surface area contributed by atoms with Gasteiger partial charge in [0.1, 0.15) is 12.4 Å². The molecular formula is C21H21F2N4O4-. The predicted octanol–water partition coefficient (Wildman–Crippen LogP) is 3.19. The van der Waals surface area contributed by atoms with E-state index in [1.807, 2.05) is 0 Å². The smallest absolute Gasteiger partial charge is 0.586 e. The number of nitrogens with zero attached hydrogens (tertiary/aromatic N) is 1. The first-order chi connectivity index (χ1) is 14.7. The number of carbonyl (C=O) groups is 1. The first kappa shape index (κ1) is 22.0. The summed E-state index contributed by atoms with van der Waals surface area (Å²) in [5.74, 6) is -0.427. The molecule has 0 unspecified atom stereocenters. The van der Waals surface area contributed by atoms with Crippen molar-refractivity contribution in [3.8, 4) is 17.2 Å². The maximum atomic E-state index is 13.2. The van der Waals surface area contributed by atoms with Crippen LogP contribution < -0.4 is 30.6 Å². The van der Waals surface area contributed by atoms with Gasteiger partial charge < -0.3 is 36.0 Å². The second-order valence-electron chi connectivity index (χ2n) is 6.76. The van der Waals surface area contributed by atoms with E-state index in [4.69, 9.17) is 15.9 Å². The molecule has 0 saturated carbocycles. The Labute approximate surface area is 177 Å². The van der Waals surface area contributed by atoms with E-state index in [1.54, 1.807) is 32.2 Å². The molecule has 0 aliphatic carbocycles. The summed E-state index contributed by atoms with van der Waals surface area (Å²) in [7, 11) is 1.66. The normalized spacial score (nSPS) is 15.2. The number of nitrogens with one attached hydrogen (secondary N) is 2. The number of amides is 1. The van der Waals surface area contributed by atoms with Crippen LogP contribution >= 0.6 is 0 Å². The van der Waals surface area contributed by atoms with Gasteiger partial charge in [0, 0.05) is 35.6 Å². The van der Waals surface area contributed by atoms with Crippen LogP contribution in [0.4, 0.5) is 14.5 Å². The molecule has 1 aliphatic rings. The fraction of sp³-hybridized carbons (Fsp3) is 0.238. The van der Waals surface area contributed by atoms with Crippen molar-refractivity contribution in [2.75, 3.05) is 19.0 Å². The number of allylic oxidation sites excluding steroid dienone is 1. The third-order valence-corrected chi connectivity index (χ3v) is 4.20. The average Bonchev–Trinajstić information content (AvgIpc) is 3.03. The Bertz CT molecular complexity index is 1020. The molecule has 1 aliphatic heterocycles. The van der Waals surface area contributed by atoms with Crippen molar-refractivity contribution in [3.63, 3.8) is 0 Å². The molecular weight excluding hydrogens is 410 g/mol. The SMILES string of the molecule is CN/C(=C\C=[N-])c1cc(NC(=O)c2ccc3c(c2)OC(F)(F)O3)ccc1OC[C@@H](C)N. The van der Waals surface area contributed by atoms with Crippen LogP contribution in [0.2, 0.25) is 0 Å². The highest BCUT2D eigenvalue weighted by Gasteiger charge is 2.43. The van der Waals surface area contributed by atoms with Crippen molar-refractivity contribution in [2.45, 2.75) is 19.3 Å². The van der Waals surface area contributed by atoms with E-state index in [9.17, 15) is 13.6 Å². The van der Waals surface area contributed by atoms with Gasteiger partial charge in [-0.3, -0.25) is 4.79 Å². The highest BCUT2D eigenvalue weighted by molar-refractivity contribution is 6.05. The van der Waals surface area contributed by atoms with Crippen LogP contribution in [0, 0.1) is 0 Å². The van der Waals surface area contributed by atoms with Crippen LogP contribution in [0.25, 0.3) is 11.1 Å². The standard InChI is InChI=1S/C21H21F2N4O4/c1-12(25)11-29-17-6-4-14(10-15(17)16(26-2)7-8-24)27-20(28)13-3-5-18-19(9-13)31-21(22,23)30-18/h3-10,12,26H,11,25H2,1-2H3,(H,27,28)/q-1/b16-7-/t12-/m1/s1. The molecule has 2 aromatic rings. The molecule has 8 nitrogen and oxygen atoms in total. The Kier molecular flexibility index (Phi) is 6.40. The summed E-state index contributed by atoms with van der Waals surface area (Å²) in [6.07, 6.45) is -1.46. The Morgan fingerprint density at radius 3 is 2.68 bits per heavy atom. The van der Waals surface area contributed by atoms with Gasteiger partial charge >= 0.3 is 6.29 Å². The lowest BCUT2D eigenvalue weighted by atomic mass is 10.1. The Morgan fingerprint density at radius 1 is 1.26 bits per heavy atom. The second kappa shape index (κ2) is 9.00. The van der Waals surface area contributed by atoms with Crippen LogP contribution in [0.15, 0.2) is 42.5 Å². The number of benzene rings is 2. The summed E-state index contributed by atoms with van der Waals surface area (Å²) in [5.41, 5.74) is 7.36. The number of halogens is 2. The molecule has 1 amide bonds. The Morgan fingerprint density at radius 2 is 2.00 bits per heavy atom. The van der Waals surface area contributed by atoms with Gasteiger partial charge in [-0.25, -0.2) is 0 Å². The molecule has 10 heteroatoms. The second-order valence-corrected chi connectivity index (χ2v) is 6.76. The molecule has 0 spiro atoms. The molecule has 0 bridgehead atoms. The van der Waals surface area contributed by atoms with Crippen LogP contribution in [0.3, 0.4) is 0 Å². The van der Waals surface area contributed by atoms with Gasteiger partial charge in [0.2, 0.25) is 0 Å². The van der Waals surface area contributed by atoms with E-state index in [2.05, 4.69) is 20.1 Å². The van der Waals surface area contributed by atoms with Gasteiger partial charge in [-0.1, -0.05) is 6.08 Å². The first-order valence-corrected chi connectivity index (χ1v) is 9.32. The Hall–Kier alpha value is -3.66. The minimum atomic E-state index is -3.76. The summed E-state index contributed by atoms with van der Waals surface area (Å²) >= 11 is 0. The number of hydrogen-bond acceptors (Lipinski definition) is 6. The monoisotopic (exact) mass is 431 g/mol. The molecule has 1 heterocycles. The molecule has 4 N–H and O–H groups in total. The van der Waals surface area contributed by atoms with Gasteiger partial charge in [-0.05, 0) is 43.3 Å². The van der Waals surface area contributed by atoms with E-state index in [0.29, 0.717) is 22.7 Å². The summed E-state index contributed by atoms with van der Waals surface area (Å²) in [5, 5.41) is 14.8. The number of rotatable bonds is 8. The molecule has 0 fully saturated rings. The topological polar surface area (TPSA) is 117 Å². The summed E-state index contributed by atoms with van der Waals surface area (Å²) in [6.45, 7) is 2.06. The van der Waals surface area contributed by atoms with Crippen molar-refractivity contribution in [1.82, 2.24) is 5.32 Å². The van der Waals surface area contributed by atoms with Crippen molar-refractivity contribution >= 4 is 23.5 Å². The van der Waals surface area contributed by atoms with Crippen LogP contribution in [0.5, 0.6) is 17.2 Å². The molecule has 1 atom stereocenters. The lowest BCUT2D eigenvalue weighted by Crippen LogP contribution is -2.25. The van der Waals surface area contributed by atoms with Crippen LogP contribution in [-0.4, -0.2) is 38.1 Å². The molecule has 0 aromatic heterocycles. The van der Waals surface area contributed by atoms with Gasteiger partial charge in [-0.2, -0.15) is 6.21 Å². The summed E-state index contributed by atoms with van der Waals surface area (Å²) in [4.78, 5) is 12.6. The van der Waals surface area contributed by atoms with Crippen molar-refractivity contribution in [2.24, 2.45) is 5.73 Å². The van der Waals surface area contributed by atoms with Gasteiger partial charge in [0.15, 0.2) is 11.5 Å². The zero-order chi connectivity index (χ0) is 22.6. The fourth-order valence-electron chi connectivity index (χ4n) is 2.84. The van der Waals surface area contributed by atoms with Crippen molar-refractivity contribution < 1.29 is 27.8 Å². The number of fused-ring (bicyclic) bond motifs is 1. The average molecular weight is 431 g/mol. The quantitative estimate of drug-likeness (QED) is 0.553. The Balaban J connectivity index is 1.85. The van der Waals surface area contributed by atoms with E-state index < -0.39 is 12.2 Å². The van der Waals surface area contributed by atoms with Crippen molar-refractivity contribution in [1.29, 1.82) is 0 Å². The predicted molar refractivity (Wildman–Crippen MR) is 113 cm³/mol. The van der Waals surface area contributed by atoms with E-state index in [1.165, 1.54) is 24.3 Å². The fourth-order valence-corrected chi connectivity index (χ4v) is 2.84.